The summed E-state index contributed by atoms with van der Waals surface area (Å²) in [4.78, 5) is 13.6. The first kappa shape index (κ1) is 18.7. The Hall–Kier alpha value is -3.05. The lowest BCUT2D eigenvalue weighted by molar-refractivity contribution is -0.384. The van der Waals surface area contributed by atoms with Gasteiger partial charge in [-0.2, -0.15) is 4.98 Å². The summed E-state index contributed by atoms with van der Waals surface area (Å²) in [5, 5.41) is 14.8. The van der Waals surface area contributed by atoms with Gasteiger partial charge >= 0.3 is 0 Å². The van der Waals surface area contributed by atoms with E-state index >= 15 is 0 Å². The van der Waals surface area contributed by atoms with Crippen molar-refractivity contribution in [1.82, 2.24) is 14.8 Å². The Morgan fingerprint density at radius 1 is 1.22 bits per heavy atom. The van der Waals surface area contributed by atoms with E-state index in [4.69, 9.17) is 11.6 Å². The molecule has 3 aromatic rings. The lowest BCUT2D eigenvalue weighted by Gasteiger charge is -2.06. The minimum atomic E-state index is -4.04. The smallest absolute Gasteiger partial charge is 0.258 e. The molecule has 0 fully saturated rings. The average Bonchev–Trinajstić information content (AvgIpc) is 3.05. The van der Waals surface area contributed by atoms with Crippen LogP contribution >= 0.6 is 11.6 Å². The van der Waals surface area contributed by atoms with Crippen molar-refractivity contribution >= 4 is 33.3 Å². The first-order valence-corrected chi connectivity index (χ1v) is 9.22. The molecule has 1 N–H and O–H groups in total. The molecule has 0 aliphatic heterocycles. The molecule has 0 spiro atoms. The van der Waals surface area contributed by atoms with Gasteiger partial charge in [-0.3, -0.25) is 10.1 Å². The molecule has 0 radical (unpaired) electrons. The van der Waals surface area contributed by atoms with E-state index in [0.29, 0.717) is 0 Å². The Balaban J connectivity index is 1.77. The SMILES string of the molecule is O=[N+]([O-])c1ccc(S(=O)(=O)Nc2ncn(Cc3c(F)cccc3Cl)n2)cc1. The van der Waals surface area contributed by atoms with Gasteiger partial charge in [-0.15, -0.1) is 5.10 Å². The Labute approximate surface area is 157 Å². The van der Waals surface area contributed by atoms with Crippen LogP contribution in [-0.2, 0) is 16.6 Å². The van der Waals surface area contributed by atoms with Crippen molar-refractivity contribution in [3.63, 3.8) is 0 Å². The van der Waals surface area contributed by atoms with Crippen molar-refractivity contribution in [2.45, 2.75) is 11.4 Å². The first-order chi connectivity index (χ1) is 12.8. The van der Waals surface area contributed by atoms with Crippen molar-refractivity contribution in [1.29, 1.82) is 0 Å². The number of nitrogens with one attached hydrogen (secondary N) is 1. The van der Waals surface area contributed by atoms with Gasteiger partial charge in [-0.25, -0.2) is 22.2 Å². The van der Waals surface area contributed by atoms with Crippen LogP contribution in [0, 0.1) is 15.9 Å². The summed E-state index contributed by atoms with van der Waals surface area (Å²) < 4.78 is 41.8. The summed E-state index contributed by atoms with van der Waals surface area (Å²) in [5.41, 5.74) is -0.0491. The lowest BCUT2D eigenvalue weighted by atomic mass is 10.2. The number of aromatic nitrogens is 3. The van der Waals surface area contributed by atoms with Crippen molar-refractivity contribution in [2.75, 3.05) is 4.72 Å². The van der Waals surface area contributed by atoms with Gasteiger partial charge in [0.25, 0.3) is 21.7 Å². The van der Waals surface area contributed by atoms with E-state index in [-0.39, 0.29) is 33.7 Å². The summed E-state index contributed by atoms with van der Waals surface area (Å²) in [6.07, 6.45) is 1.22. The second kappa shape index (κ2) is 7.29. The fourth-order valence-corrected chi connectivity index (χ4v) is 3.36. The zero-order chi connectivity index (χ0) is 19.6. The molecular formula is C15H11ClFN5O4S. The highest BCUT2D eigenvalue weighted by Crippen LogP contribution is 2.21. The predicted molar refractivity (Wildman–Crippen MR) is 94.4 cm³/mol. The van der Waals surface area contributed by atoms with Gasteiger partial charge in [0.2, 0.25) is 0 Å². The second-order valence-electron chi connectivity index (χ2n) is 5.32. The molecule has 27 heavy (non-hydrogen) atoms. The van der Waals surface area contributed by atoms with Crippen LogP contribution in [0.15, 0.2) is 53.7 Å². The standard InChI is InChI=1S/C15H11ClFN5O4S/c16-13-2-1-3-14(17)12(13)8-21-9-18-15(19-21)20-27(25,26)11-6-4-10(5-7-11)22(23)24/h1-7,9H,8H2,(H,19,20). The van der Waals surface area contributed by atoms with Crippen molar-refractivity contribution in [2.24, 2.45) is 0 Å². The maximum absolute atomic E-state index is 13.8. The van der Waals surface area contributed by atoms with E-state index in [9.17, 15) is 22.9 Å². The molecule has 140 valence electrons. The molecule has 0 amide bonds. The number of non-ortho nitro benzene ring substituents is 1. The van der Waals surface area contributed by atoms with Crippen LogP contribution in [0.1, 0.15) is 5.56 Å². The number of hydrogen-bond donors (Lipinski definition) is 1. The summed E-state index contributed by atoms with van der Waals surface area (Å²) in [7, 11) is -4.04. The molecule has 12 heteroatoms. The van der Waals surface area contributed by atoms with Gasteiger partial charge in [0.15, 0.2) is 0 Å². The van der Waals surface area contributed by atoms with Gasteiger partial charge < -0.3 is 0 Å². The topological polar surface area (TPSA) is 120 Å². The average molecular weight is 412 g/mol. The summed E-state index contributed by atoms with van der Waals surface area (Å²) >= 11 is 5.95. The quantitative estimate of drug-likeness (QED) is 0.492. The zero-order valence-electron chi connectivity index (χ0n) is 13.4. The van der Waals surface area contributed by atoms with Gasteiger partial charge in [0.1, 0.15) is 12.1 Å². The zero-order valence-corrected chi connectivity index (χ0v) is 15.0. The Kier molecular flexibility index (Phi) is 5.06. The highest BCUT2D eigenvalue weighted by atomic mass is 35.5. The molecule has 0 aliphatic carbocycles. The molecule has 0 aliphatic rings. The van der Waals surface area contributed by atoms with E-state index in [1.807, 2.05) is 0 Å². The molecule has 0 saturated carbocycles. The third kappa shape index (κ3) is 4.20. The van der Waals surface area contributed by atoms with Crippen molar-refractivity contribution in [3.05, 3.63) is 75.3 Å². The van der Waals surface area contributed by atoms with E-state index < -0.39 is 20.8 Å². The molecule has 3 rings (SSSR count). The number of halogens is 2. The number of rotatable bonds is 6. The lowest BCUT2D eigenvalue weighted by Crippen LogP contribution is -2.14. The summed E-state index contributed by atoms with van der Waals surface area (Å²) in [6, 6.07) is 8.56. The molecule has 1 aromatic heterocycles. The molecular weight excluding hydrogens is 401 g/mol. The van der Waals surface area contributed by atoms with E-state index in [1.165, 1.54) is 29.2 Å². The fourth-order valence-electron chi connectivity index (χ4n) is 2.19. The normalized spacial score (nSPS) is 11.3. The number of nitro benzene ring substituents is 1. The number of nitro groups is 1. The number of anilines is 1. The molecule has 0 saturated heterocycles. The molecule has 0 atom stereocenters. The van der Waals surface area contributed by atoms with Crippen LogP contribution in [0.2, 0.25) is 5.02 Å². The van der Waals surface area contributed by atoms with Gasteiger partial charge in [-0.1, -0.05) is 17.7 Å². The van der Waals surface area contributed by atoms with Crippen LogP contribution in [0.5, 0.6) is 0 Å². The van der Waals surface area contributed by atoms with Crippen LogP contribution < -0.4 is 4.72 Å². The number of hydrogen-bond acceptors (Lipinski definition) is 6. The van der Waals surface area contributed by atoms with Gasteiger partial charge in [0.05, 0.1) is 16.4 Å². The minimum Gasteiger partial charge on any atom is -0.258 e. The maximum Gasteiger partial charge on any atom is 0.269 e. The first-order valence-electron chi connectivity index (χ1n) is 7.36. The molecule has 2 aromatic carbocycles. The maximum atomic E-state index is 13.8. The predicted octanol–water partition coefficient (Wildman–Crippen LogP) is 2.83. The number of benzene rings is 2. The third-order valence-corrected chi connectivity index (χ3v) is 5.20. The van der Waals surface area contributed by atoms with Crippen molar-refractivity contribution < 1.29 is 17.7 Å². The molecule has 1 heterocycles. The largest absolute Gasteiger partial charge is 0.269 e. The monoisotopic (exact) mass is 411 g/mol. The Morgan fingerprint density at radius 2 is 1.93 bits per heavy atom. The van der Waals surface area contributed by atoms with Crippen LogP contribution in [0.4, 0.5) is 16.0 Å². The highest BCUT2D eigenvalue weighted by Gasteiger charge is 2.18. The van der Waals surface area contributed by atoms with E-state index in [0.717, 1.165) is 24.3 Å². The summed E-state index contributed by atoms with van der Waals surface area (Å²) in [6.45, 7) is -0.0439. The van der Waals surface area contributed by atoms with Gasteiger partial charge in [-0.05, 0) is 24.3 Å². The van der Waals surface area contributed by atoms with E-state index in [1.54, 1.807) is 0 Å². The number of nitrogens with zero attached hydrogens (tertiary/aromatic N) is 4. The fraction of sp³-hybridized carbons (Fsp3) is 0.0667. The Morgan fingerprint density at radius 3 is 2.56 bits per heavy atom. The molecule has 0 unspecified atom stereocenters. The highest BCUT2D eigenvalue weighted by molar-refractivity contribution is 7.92. The molecule has 0 bridgehead atoms. The van der Waals surface area contributed by atoms with Crippen LogP contribution in [0.3, 0.4) is 0 Å². The third-order valence-electron chi connectivity index (χ3n) is 3.50. The second-order valence-corrected chi connectivity index (χ2v) is 7.41. The van der Waals surface area contributed by atoms with Crippen LogP contribution in [-0.4, -0.2) is 28.1 Å². The Bertz CT molecular complexity index is 1080. The molecule has 9 nitrogen and oxygen atoms in total. The van der Waals surface area contributed by atoms with Crippen LogP contribution in [0.25, 0.3) is 0 Å². The van der Waals surface area contributed by atoms with E-state index in [2.05, 4.69) is 14.8 Å². The number of sulfonamides is 1. The van der Waals surface area contributed by atoms with Gasteiger partial charge in [0, 0.05) is 22.7 Å². The summed E-state index contributed by atoms with van der Waals surface area (Å²) in [5.74, 6) is -0.758. The van der Waals surface area contributed by atoms with Crippen molar-refractivity contribution in [3.8, 4) is 0 Å². The minimum absolute atomic E-state index is 0.0439.